The maximum atomic E-state index is 12.3. The number of methoxy groups -OCH3 is 1. The van der Waals surface area contributed by atoms with Gasteiger partial charge in [0.05, 0.1) is 12.8 Å². The van der Waals surface area contributed by atoms with E-state index in [9.17, 15) is 4.79 Å². The van der Waals surface area contributed by atoms with Crippen LogP contribution in [-0.4, -0.2) is 30.6 Å². The van der Waals surface area contributed by atoms with Gasteiger partial charge < -0.3 is 15.8 Å². The van der Waals surface area contributed by atoms with E-state index < -0.39 is 0 Å². The first-order chi connectivity index (χ1) is 10.1. The molecule has 0 spiro atoms. The van der Waals surface area contributed by atoms with Crippen LogP contribution < -0.4 is 15.8 Å². The molecule has 21 heavy (non-hydrogen) atoms. The van der Waals surface area contributed by atoms with E-state index in [2.05, 4.69) is 11.6 Å². The van der Waals surface area contributed by atoms with E-state index in [4.69, 9.17) is 10.5 Å². The number of hydrogen-bond donors (Lipinski definition) is 2. The predicted octanol–water partition coefficient (Wildman–Crippen LogP) is 3.07. The van der Waals surface area contributed by atoms with Crippen LogP contribution in [0.15, 0.2) is 18.2 Å². The Morgan fingerprint density at radius 1 is 1.38 bits per heavy atom. The largest absolute Gasteiger partial charge is 0.495 e. The molecule has 3 N–H and O–H groups in total. The lowest BCUT2D eigenvalue weighted by Gasteiger charge is -2.35. The summed E-state index contributed by atoms with van der Waals surface area (Å²) in [6.07, 6.45) is 8.33. The SMILES string of the molecule is COc1cc(C(=O)NCC2(SC)CCCCC2)ccc1N. The monoisotopic (exact) mass is 308 g/mol. The number of carbonyl (C=O) groups is 1. The number of hydrogen-bond acceptors (Lipinski definition) is 4. The Balaban J connectivity index is 2.01. The van der Waals surface area contributed by atoms with Gasteiger partial charge in [-0.1, -0.05) is 19.3 Å². The molecule has 0 heterocycles. The molecule has 116 valence electrons. The zero-order valence-electron chi connectivity index (χ0n) is 12.8. The quantitative estimate of drug-likeness (QED) is 0.821. The molecule has 1 aliphatic carbocycles. The molecule has 1 saturated carbocycles. The summed E-state index contributed by atoms with van der Waals surface area (Å²) < 4.78 is 5.36. The minimum Gasteiger partial charge on any atom is -0.495 e. The summed E-state index contributed by atoms with van der Waals surface area (Å²) in [6.45, 7) is 0.722. The highest BCUT2D eigenvalue weighted by atomic mass is 32.2. The van der Waals surface area contributed by atoms with E-state index in [0.717, 1.165) is 6.54 Å². The normalized spacial score (nSPS) is 17.2. The van der Waals surface area contributed by atoms with Crippen molar-refractivity contribution in [3.63, 3.8) is 0 Å². The molecule has 1 fully saturated rings. The van der Waals surface area contributed by atoms with Gasteiger partial charge in [-0.3, -0.25) is 4.79 Å². The molecule has 0 aromatic heterocycles. The van der Waals surface area contributed by atoms with Gasteiger partial charge in [-0.05, 0) is 37.3 Å². The van der Waals surface area contributed by atoms with Crippen LogP contribution in [0.4, 0.5) is 5.69 Å². The fourth-order valence-electron chi connectivity index (χ4n) is 2.84. The van der Waals surface area contributed by atoms with E-state index in [0.29, 0.717) is 17.0 Å². The van der Waals surface area contributed by atoms with Crippen molar-refractivity contribution in [1.29, 1.82) is 0 Å². The number of carbonyl (C=O) groups excluding carboxylic acids is 1. The van der Waals surface area contributed by atoms with Crippen LogP contribution in [0, 0.1) is 0 Å². The second-order valence-electron chi connectivity index (χ2n) is 5.59. The van der Waals surface area contributed by atoms with Gasteiger partial charge in [0.15, 0.2) is 0 Å². The van der Waals surface area contributed by atoms with Crippen LogP contribution in [-0.2, 0) is 0 Å². The summed E-state index contributed by atoms with van der Waals surface area (Å²) >= 11 is 1.88. The van der Waals surface area contributed by atoms with Crippen LogP contribution in [0.3, 0.4) is 0 Å². The molecule has 1 aliphatic rings. The number of rotatable bonds is 5. The lowest BCUT2D eigenvalue weighted by atomic mass is 9.88. The van der Waals surface area contributed by atoms with Crippen molar-refractivity contribution < 1.29 is 9.53 Å². The first-order valence-electron chi connectivity index (χ1n) is 7.37. The highest BCUT2D eigenvalue weighted by Crippen LogP contribution is 2.38. The number of nitrogen functional groups attached to an aromatic ring is 1. The molecule has 0 bridgehead atoms. The number of ether oxygens (including phenoxy) is 1. The summed E-state index contributed by atoms with van der Waals surface area (Å²) in [6, 6.07) is 5.13. The number of nitrogens with two attached hydrogens (primary N) is 1. The van der Waals surface area contributed by atoms with E-state index in [1.807, 2.05) is 11.8 Å². The van der Waals surface area contributed by atoms with Gasteiger partial charge in [-0.2, -0.15) is 11.8 Å². The Bertz CT molecular complexity index is 499. The number of nitrogens with one attached hydrogen (secondary N) is 1. The number of amides is 1. The predicted molar refractivity (Wildman–Crippen MR) is 89.1 cm³/mol. The summed E-state index contributed by atoms with van der Waals surface area (Å²) in [5, 5.41) is 3.08. The average Bonchev–Trinajstić information content (AvgIpc) is 2.54. The van der Waals surface area contributed by atoms with Crippen LogP contribution >= 0.6 is 11.8 Å². The van der Waals surface area contributed by atoms with Gasteiger partial charge in [0.2, 0.25) is 0 Å². The van der Waals surface area contributed by atoms with Crippen molar-refractivity contribution >= 4 is 23.4 Å². The van der Waals surface area contributed by atoms with Crippen molar-refractivity contribution in [3.8, 4) is 5.75 Å². The average molecular weight is 308 g/mol. The summed E-state index contributed by atoms with van der Waals surface area (Å²) in [5.41, 5.74) is 6.91. The molecule has 1 amide bonds. The lowest BCUT2D eigenvalue weighted by molar-refractivity contribution is 0.0946. The Morgan fingerprint density at radius 3 is 2.71 bits per heavy atom. The smallest absolute Gasteiger partial charge is 0.251 e. The molecule has 2 rings (SSSR count). The first kappa shape index (κ1) is 16.0. The molecule has 5 heteroatoms. The standard InChI is InChI=1S/C16H24N2O2S/c1-20-14-10-12(6-7-13(14)17)15(19)18-11-16(21-2)8-4-3-5-9-16/h6-7,10H,3-5,8-9,11,17H2,1-2H3,(H,18,19). The van der Waals surface area contributed by atoms with Gasteiger partial charge in [0.1, 0.15) is 5.75 Å². The minimum atomic E-state index is -0.0627. The van der Waals surface area contributed by atoms with Gasteiger partial charge in [0, 0.05) is 16.9 Å². The molecule has 0 unspecified atom stereocenters. The van der Waals surface area contributed by atoms with E-state index in [1.165, 1.54) is 32.1 Å². The second kappa shape index (κ2) is 7.07. The molecule has 1 aromatic rings. The molecule has 0 saturated heterocycles. The Hall–Kier alpha value is -1.36. The molecule has 1 aromatic carbocycles. The third-order valence-electron chi connectivity index (χ3n) is 4.26. The maximum absolute atomic E-state index is 12.3. The molecule has 0 radical (unpaired) electrons. The van der Waals surface area contributed by atoms with Gasteiger partial charge in [-0.15, -0.1) is 0 Å². The van der Waals surface area contributed by atoms with Gasteiger partial charge >= 0.3 is 0 Å². The van der Waals surface area contributed by atoms with Crippen LogP contribution in [0.1, 0.15) is 42.5 Å². The molecular formula is C16H24N2O2S. The van der Waals surface area contributed by atoms with Crippen LogP contribution in [0.5, 0.6) is 5.75 Å². The summed E-state index contributed by atoms with van der Waals surface area (Å²) in [7, 11) is 1.55. The lowest BCUT2D eigenvalue weighted by Crippen LogP contribution is -2.41. The van der Waals surface area contributed by atoms with E-state index in [1.54, 1.807) is 25.3 Å². The van der Waals surface area contributed by atoms with Crippen molar-refractivity contribution in [2.75, 3.05) is 25.6 Å². The Kier molecular flexibility index (Phi) is 5.39. The third-order valence-corrected chi connectivity index (χ3v) is 5.68. The topological polar surface area (TPSA) is 64.3 Å². The molecule has 0 atom stereocenters. The summed E-state index contributed by atoms with van der Waals surface area (Å²) in [5.74, 6) is 0.479. The molecular weight excluding hydrogens is 284 g/mol. The number of anilines is 1. The van der Waals surface area contributed by atoms with Crippen molar-refractivity contribution in [2.45, 2.75) is 36.9 Å². The molecule has 0 aliphatic heterocycles. The highest BCUT2D eigenvalue weighted by molar-refractivity contribution is 8.00. The zero-order chi connectivity index (χ0) is 15.3. The van der Waals surface area contributed by atoms with E-state index >= 15 is 0 Å². The van der Waals surface area contributed by atoms with Crippen molar-refractivity contribution in [2.24, 2.45) is 0 Å². The summed E-state index contributed by atoms with van der Waals surface area (Å²) in [4.78, 5) is 12.3. The Morgan fingerprint density at radius 2 is 2.10 bits per heavy atom. The fraction of sp³-hybridized carbons (Fsp3) is 0.562. The van der Waals surface area contributed by atoms with E-state index in [-0.39, 0.29) is 10.7 Å². The highest BCUT2D eigenvalue weighted by Gasteiger charge is 2.31. The second-order valence-corrected chi connectivity index (χ2v) is 6.86. The number of thioether (sulfide) groups is 1. The van der Waals surface area contributed by atoms with Crippen LogP contribution in [0.25, 0.3) is 0 Å². The fourth-order valence-corrected chi connectivity index (χ4v) is 3.76. The Labute approximate surface area is 130 Å². The van der Waals surface area contributed by atoms with Crippen LogP contribution in [0.2, 0.25) is 0 Å². The van der Waals surface area contributed by atoms with Gasteiger partial charge in [-0.25, -0.2) is 0 Å². The van der Waals surface area contributed by atoms with Crippen molar-refractivity contribution in [1.82, 2.24) is 5.32 Å². The minimum absolute atomic E-state index is 0.0627. The van der Waals surface area contributed by atoms with Crippen molar-refractivity contribution in [3.05, 3.63) is 23.8 Å². The first-order valence-corrected chi connectivity index (χ1v) is 8.59. The molecule has 4 nitrogen and oxygen atoms in total. The zero-order valence-corrected chi connectivity index (χ0v) is 13.6. The van der Waals surface area contributed by atoms with Gasteiger partial charge in [0.25, 0.3) is 5.91 Å². The third kappa shape index (κ3) is 3.84. The number of benzene rings is 1. The maximum Gasteiger partial charge on any atom is 0.251 e.